The van der Waals surface area contributed by atoms with E-state index < -0.39 is 0 Å². The zero-order chi connectivity index (χ0) is 13.9. The van der Waals surface area contributed by atoms with Gasteiger partial charge in [-0.1, -0.05) is 12.1 Å². The van der Waals surface area contributed by atoms with Crippen molar-refractivity contribution in [2.24, 2.45) is 0 Å². The molecule has 3 rings (SSSR count). The molecule has 1 aliphatic heterocycles. The van der Waals surface area contributed by atoms with Crippen LogP contribution in [0.15, 0.2) is 30.3 Å². The first kappa shape index (κ1) is 12.5. The number of aromatic nitrogens is 2. The third-order valence-corrected chi connectivity index (χ3v) is 3.11. The minimum absolute atomic E-state index is 0.00214. The number of hydrogen-bond acceptors (Lipinski definition) is 6. The first-order chi connectivity index (χ1) is 9.70. The molecule has 0 radical (unpaired) electrons. The fraction of sp³-hybridized carbons (Fsp3) is 0.286. The van der Waals surface area contributed by atoms with Crippen LogP contribution in [0.3, 0.4) is 0 Å². The molecule has 6 heteroatoms. The first-order valence-electron chi connectivity index (χ1n) is 6.48. The summed E-state index contributed by atoms with van der Waals surface area (Å²) in [5.74, 6) is 2.16. The topological polar surface area (TPSA) is 96.3 Å². The van der Waals surface area contributed by atoms with Gasteiger partial charge in [0.1, 0.15) is 18.5 Å². The van der Waals surface area contributed by atoms with Crippen molar-refractivity contribution in [3.05, 3.63) is 36.0 Å². The van der Waals surface area contributed by atoms with Gasteiger partial charge in [-0.15, -0.1) is 0 Å². The van der Waals surface area contributed by atoms with Crippen molar-refractivity contribution in [2.45, 2.75) is 18.9 Å². The Labute approximate surface area is 116 Å². The Kier molecular flexibility index (Phi) is 3.28. The third-order valence-electron chi connectivity index (χ3n) is 3.11. The van der Waals surface area contributed by atoms with E-state index in [1.54, 1.807) is 6.07 Å². The minimum atomic E-state index is 0.00214. The zero-order valence-corrected chi connectivity index (χ0v) is 11.0. The molecule has 2 heterocycles. The van der Waals surface area contributed by atoms with E-state index in [-0.39, 0.29) is 12.1 Å². The van der Waals surface area contributed by atoms with Gasteiger partial charge in [-0.2, -0.15) is 4.98 Å². The van der Waals surface area contributed by atoms with E-state index in [0.29, 0.717) is 18.8 Å². The van der Waals surface area contributed by atoms with Gasteiger partial charge in [0.05, 0.1) is 0 Å². The van der Waals surface area contributed by atoms with E-state index in [9.17, 15) is 0 Å². The van der Waals surface area contributed by atoms with Crippen molar-refractivity contribution < 1.29 is 9.47 Å². The molecule has 0 fully saturated rings. The van der Waals surface area contributed by atoms with Gasteiger partial charge in [-0.05, 0) is 25.0 Å². The maximum atomic E-state index is 5.88. The summed E-state index contributed by atoms with van der Waals surface area (Å²) >= 11 is 0. The smallest absolute Gasteiger partial charge is 0.222 e. The van der Waals surface area contributed by atoms with Crippen LogP contribution in [0, 0.1) is 0 Å². The van der Waals surface area contributed by atoms with Crippen LogP contribution in [0.4, 0.5) is 11.8 Å². The van der Waals surface area contributed by atoms with Crippen LogP contribution < -0.4 is 20.9 Å². The number of para-hydroxylation sites is 2. The average molecular weight is 272 g/mol. The minimum Gasteiger partial charge on any atom is -0.486 e. The van der Waals surface area contributed by atoms with E-state index in [0.717, 1.165) is 23.6 Å². The fourth-order valence-electron chi connectivity index (χ4n) is 2.18. The summed E-state index contributed by atoms with van der Waals surface area (Å²) in [6.45, 7) is 0.535. The van der Waals surface area contributed by atoms with Crippen molar-refractivity contribution in [3.63, 3.8) is 0 Å². The summed E-state index contributed by atoms with van der Waals surface area (Å²) < 4.78 is 11.5. The monoisotopic (exact) mass is 272 g/mol. The van der Waals surface area contributed by atoms with Crippen molar-refractivity contribution in [3.8, 4) is 11.5 Å². The molecule has 1 aromatic heterocycles. The van der Waals surface area contributed by atoms with Crippen LogP contribution in [0.2, 0.25) is 0 Å². The van der Waals surface area contributed by atoms with Crippen molar-refractivity contribution >= 4 is 11.8 Å². The molecule has 104 valence electrons. The van der Waals surface area contributed by atoms with Gasteiger partial charge in [0.25, 0.3) is 0 Å². The Bertz CT molecular complexity index is 598. The molecule has 0 saturated heterocycles. The molecule has 6 nitrogen and oxygen atoms in total. The molecule has 1 aliphatic rings. The standard InChI is InChI=1S/C14H16N4O2/c15-13-7-9(17-14(16)18-13)5-6-10-8-19-11-3-1-2-4-12(11)20-10/h1-4,7,10H,5-6,8H2,(H4,15,16,17,18). The molecule has 0 aliphatic carbocycles. The Balaban J connectivity index is 1.62. The number of benzene rings is 1. The Morgan fingerprint density at radius 2 is 1.95 bits per heavy atom. The first-order valence-corrected chi connectivity index (χ1v) is 6.48. The second-order valence-corrected chi connectivity index (χ2v) is 4.68. The lowest BCUT2D eigenvalue weighted by Gasteiger charge is -2.26. The molecule has 20 heavy (non-hydrogen) atoms. The highest BCUT2D eigenvalue weighted by Gasteiger charge is 2.20. The number of fused-ring (bicyclic) bond motifs is 1. The molecular formula is C14H16N4O2. The number of nitrogens with two attached hydrogens (primary N) is 2. The Hall–Kier alpha value is -2.50. The molecule has 0 amide bonds. The van der Waals surface area contributed by atoms with Gasteiger partial charge < -0.3 is 20.9 Å². The highest BCUT2D eigenvalue weighted by atomic mass is 16.6. The lowest BCUT2D eigenvalue weighted by atomic mass is 10.1. The van der Waals surface area contributed by atoms with Crippen LogP contribution in [-0.2, 0) is 6.42 Å². The summed E-state index contributed by atoms with van der Waals surface area (Å²) in [6, 6.07) is 9.39. The molecule has 0 spiro atoms. The van der Waals surface area contributed by atoms with Crippen molar-refractivity contribution in [1.29, 1.82) is 0 Å². The van der Waals surface area contributed by atoms with E-state index in [2.05, 4.69) is 9.97 Å². The summed E-state index contributed by atoms with van der Waals surface area (Å²) in [5.41, 5.74) is 12.0. The zero-order valence-electron chi connectivity index (χ0n) is 11.0. The summed E-state index contributed by atoms with van der Waals surface area (Å²) in [6.07, 6.45) is 1.50. The molecule has 1 aromatic carbocycles. The number of hydrogen-bond donors (Lipinski definition) is 2. The molecule has 4 N–H and O–H groups in total. The highest BCUT2D eigenvalue weighted by Crippen LogP contribution is 2.31. The van der Waals surface area contributed by atoms with Gasteiger partial charge in [0, 0.05) is 11.8 Å². The lowest BCUT2D eigenvalue weighted by Crippen LogP contribution is -2.29. The number of rotatable bonds is 3. The van der Waals surface area contributed by atoms with Gasteiger partial charge >= 0.3 is 0 Å². The number of nitrogen functional groups attached to an aromatic ring is 2. The normalized spacial score (nSPS) is 16.9. The van der Waals surface area contributed by atoms with Gasteiger partial charge in [-0.25, -0.2) is 4.98 Å². The predicted octanol–water partition coefficient (Wildman–Crippen LogP) is 1.41. The van der Waals surface area contributed by atoms with E-state index in [4.69, 9.17) is 20.9 Å². The summed E-state index contributed by atoms with van der Waals surface area (Å²) in [5, 5.41) is 0. The Morgan fingerprint density at radius 3 is 2.75 bits per heavy atom. The van der Waals surface area contributed by atoms with E-state index in [1.807, 2.05) is 24.3 Å². The second kappa shape index (κ2) is 5.24. The van der Waals surface area contributed by atoms with Crippen LogP contribution in [-0.4, -0.2) is 22.7 Å². The average Bonchev–Trinajstić information content (AvgIpc) is 2.44. The van der Waals surface area contributed by atoms with Crippen molar-refractivity contribution in [2.75, 3.05) is 18.1 Å². The molecule has 0 bridgehead atoms. The van der Waals surface area contributed by atoms with Crippen LogP contribution in [0.1, 0.15) is 12.1 Å². The summed E-state index contributed by atoms with van der Waals surface area (Å²) in [4.78, 5) is 8.00. The molecular weight excluding hydrogens is 256 g/mol. The largest absolute Gasteiger partial charge is 0.486 e. The van der Waals surface area contributed by atoms with Crippen molar-refractivity contribution in [1.82, 2.24) is 9.97 Å². The Morgan fingerprint density at radius 1 is 1.15 bits per heavy atom. The second-order valence-electron chi connectivity index (χ2n) is 4.68. The highest BCUT2D eigenvalue weighted by molar-refractivity contribution is 5.40. The molecule has 1 atom stereocenters. The maximum Gasteiger partial charge on any atom is 0.222 e. The number of aryl methyl sites for hydroxylation is 1. The van der Waals surface area contributed by atoms with Gasteiger partial charge in [0.15, 0.2) is 11.5 Å². The molecule has 2 aromatic rings. The SMILES string of the molecule is Nc1cc(CCC2COc3ccccc3O2)nc(N)n1. The number of nitrogens with zero attached hydrogens (tertiary/aromatic N) is 2. The maximum absolute atomic E-state index is 5.88. The fourth-order valence-corrected chi connectivity index (χ4v) is 2.18. The summed E-state index contributed by atoms with van der Waals surface area (Å²) in [7, 11) is 0. The van der Waals surface area contributed by atoms with E-state index >= 15 is 0 Å². The third kappa shape index (κ3) is 2.74. The van der Waals surface area contributed by atoms with Crippen LogP contribution >= 0.6 is 0 Å². The quantitative estimate of drug-likeness (QED) is 0.877. The number of anilines is 2. The van der Waals surface area contributed by atoms with Gasteiger partial charge in [-0.3, -0.25) is 0 Å². The number of ether oxygens (including phenoxy) is 2. The van der Waals surface area contributed by atoms with Crippen LogP contribution in [0.25, 0.3) is 0 Å². The lowest BCUT2D eigenvalue weighted by molar-refractivity contribution is 0.0849. The van der Waals surface area contributed by atoms with E-state index in [1.165, 1.54) is 0 Å². The van der Waals surface area contributed by atoms with Crippen LogP contribution in [0.5, 0.6) is 11.5 Å². The predicted molar refractivity (Wildman–Crippen MR) is 75.5 cm³/mol. The molecule has 0 saturated carbocycles. The van der Waals surface area contributed by atoms with Gasteiger partial charge in [0.2, 0.25) is 5.95 Å². The molecule has 1 unspecified atom stereocenters.